The van der Waals surface area contributed by atoms with Gasteiger partial charge >= 0.3 is 0 Å². The van der Waals surface area contributed by atoms with Crippen LogP contribution in [0.2, 0.25) is 0 Å². The quantitative estimate of drug-likeness (QED) is 0.553. The Hall–Kier alpha value is -2.80. The molecule has 3 rings (SSSR count). The lowest BCUT2D eigenvalue weighted by molar-refractivity contribution is -0.121. The molecule has 3 aromatic rings. The first-order valence-corrected chi connectivity index (χ1v) is 7.94. The Morgan fingerprint density at radius 2 is 1.96 bits per heavy atom. The van der Waals surface area contributed by atoms with Crippen LogP contribution in [-0.4, -0.2) is 21.7 Å². The summed E-state index contributed by atoms with van der Waals surface area (Å²) >= 11 is 3.35. The Morgan fingerprint density at radius 3 is 2.75 bits per heavy atom. The van der Waals surface area contributed by atoms with Crippen LogP contribution in [0, 0.1) is 0 Å². The summed E-state index contributed by atoms with van der Waals surface area (Å²) in [5, 5.41) is 4.36. The van der Waals surface area contributed by atoms with Gasteiger partial charge in [0.05, 0.1) is 23.4 Å². The molecule has 0 aliphatic carbocycles. The molecule has 24 heavy (non-hydrogen) atoms. The lowest BCUT2D eigenvalue weighted by Gasteiger charge is -2.05. The van der Waals surface area contributed by atoms with Crippen molar-refractivity contribution < 1.29 is 4.79 Å². The molecule has 0 saturated carbocycles. The van der Waals surface area contributed by atoms with Gasteiger partial charge in [-0.3, -0.25) is 14.2 Å². The lowest BCUT2D eigenvalue weighted by atomic mass is 10.2. The minimum atomic E-state index is -0.400. The molecule has 0 radical (unpaired) electrons. The molecule has 0 saturated heterocycles. The summed E-state index contributed by atoms with van der Waals surface area (Å²) in [6.07, 6.45) is 2.90. The van der Waals surface area contributed by atoms with E-state index in [1.807, 2.05) is 30.3 Å². The molecule has 0 atom stereocenters. The van der Waals surface area contributed by atoms with Gasteiger partial charge in [0.25, 0.3) is 11.5 Å². The van der Waals surface area contributed by atoms with Gasteiger partial charge in [-0.2, -0.15) is 5.10 Å². The Bertz CT molecular complexity index is 964. The molecule has 7 heteroatoms. The summed E-state index contributed by atoms with van der Waals surface area (Å²) < 4.78 is 2.22. The highest BCUT2D eigenvalue weighted by atomic mass is 79.9. The number of para-hydroxylation sites is 1. The van der Waals surface area contributed by atoms with Gasteiger partial charge in [0, 0.05) is 4.47 Å². The zero-order chi connectivity index (χ0) is 16.9. The highest BCUT2D eigenvalue weighted by Crippen LogP contribution is 2.09. The van der Waals surface area contributed by atoms with E-state index in [0.29, 0.717) is 10.9 Å². The van der Waals surface area contributed by atoms with Crippen molar-refractivity contribution in [1.82, 2.24) is 15.0 Å². The van der Waals surface area contributed by atoms with Crippen LogP contribution in [0.4, 0.5) is 0 Å². The third-order valence-electron chi connectivity index (χ3n) is 3.32. The van der Waals surface area contributed by atoms with Gasteiger partial charge in [-0.05, 0) is 29.8 Å². The fourth-order valence-corrected chi connectivity index (χ4v) is 2.40. The Balaban J connectivity index is 1.68. The Morgan fingerprint density at radius 1 is 1.21 bits per heavy atom. The van der Waals surface area contributed by atoms with E-state index in [9.17, 15) is 9.59 Å². The van der Waals surface area contributed by atoms with E-state index < -0.39 is 5.91 Å². The summed E-state index contributed by atoms with van der Waals surface area (Å²) in [6.45, 7) is -0.144. The molecule has 1 amide bonds. The Labute approximate surface area is 146 Å². The van der Waals surface area contributed by atoms with Crippen LogP contribution in [0.5, 0.6) is 0 Å². The van der Waals surface area contributed by atoms with Crippen LogP contribution < -0.4 is 11.0 Å². The molecule has 120 valence electrons. The van der Waals surface area contributed by atoms with Gasteiger partial charge in [0.2, 0.25) is 0 Å². The van der Waals surface area contributed by atoms with Gasteiger partial charge in [-0.1, -0.05) is 40.2 Å². The molecular formula is C17H13BrN4O2. The zero-order valence-corrected chi connectivity index (χ0v) is 14.1. The van der Waals surface area contributed by atoms with Crippen molar-refractivity contribution in [2.75, 3.05) is 0 Å². The van der Waals surface area contributed by atoms with Gasteiger partial charge in [0.15, 0.2) is 0 Å². The number of carbonyl (C=O) groups excluding carboxylic acids is 1. The molecule has 0 spiro atoms. The minimum Gasteiger partial charge on any atom is -0.289 e. The molecule has 6 nitrogen and oxygen atoms in total. The number of nitrogens with zero attached hydrogens (tertiary/aromatic N) is 3. The third-order valence-corrected chi connectivity index (χ3v) is 3.85. The maximum atomic E-state index is 12.3. The van der Waals surface area contributed by atoms with Crippen molar-refractivity contribution in [3.05, 3.63) is 75.2 Å². The topological polar surface area (TPSA) is 76.3 Å². The molecule has 1 heterocycles. The van der Waals surface area contributed by atoms with Gasteiger partial charge < -0.3 is 0 Å². The standard InChI is InChI=1S/C17H13BrN4O2/c18-13-7-5-12(6-8-13)9-20-21-16(23)10-22-11-19-15-4-2-1-3-14(15)17(22)24/h1-9,11H,10H2,(H,21,23)/b20-9+. The third kappa shape index (κ3) is 3.75. The maximum absolute atomic E-state index is 12.3. The second-order valence-electron chi connectivity index (χ2n) is 5.04. The van der Waals surface area contributed by atoms with E-state index >= 15 is 0 Å². The molecule has 1 N–H and O–H groups in total. The lowest BCUT2D eigenvalue weighted by Crippen LogP contribution is -2.30. The van der Waals surface area contributed by atoms with E-state index in [1.54, 1.807) is 18.2 Å². The number of nitrogens with one attached hydrogen (secondary N) is 1. The van der Waals surface area contributed by atoms with E-state index in [0.717, 1.165) is 10.0 Å². The number of halogens is 1. The number of rotatable bonds is 4. The predicted octanol–water partition coefficient (Wildman–Crippen LogP) is 2.31. The molecule has 0 bridgehead atoms. The summed E-state index contributed by atoms with van der Waals surface area (Å²) in [4.78, 5) is 28.4. The van der Waals surface area contributed by atoms with Crippen molar-refractivity contribution in [2.45, 2.75) is 6.54 Å². The first-order chi connectivity index (χ1) is 11.6. The normalized spacial score (nSPS) is 11.0. The summed E-state index contributed by atoms with van der Waals surface area (Å²) in [5.41, 5.74) is 3.60. The van der Waals surface area contributed by atoms with Crippen molar-refractivity contribution in [3.63, 3.8) is 0 Å². The van der Waals surface area contributed by atoms with Crippen molar-refractivity contribution >= 4 is 39.0 Å². The first-order valence-electron chi connectivity index (χ1n) is 7.15. The molecule has 2 aromatic carbocycles. The first kappa shape index (κ1) is 16.1. The van der Waals surface area contributed by atoms with Crippen LogP contribution in [0.1, 0.15) is 5.56 Å². The van der Waals surface area contributed by atoms with Crippen molar-refractivity contribution in [1.29, 1.82) is 0 Å². The van der Waals surface area contributed by atoms with E-state index in [2.05, 4.69) is 31.4 Å². The molecule has 0 fully saturated rings. The Kier molecular flexibility index (Phi) is 4.81. The SMILES string of the molecule is O=C(Cn1cnc2ccccc2c1=O)N/N=C/c1ccc(Br)cc1. The van der Waals surface area contributed by atoms with Crippen LogP contribution >= 0.6 is 15.9 Å². The van der Waals surface area contributed by atoms with Crippen LogP contribution in [0.25, 0.3) is 10.9 Å². The van der Waals surface area contributed by atoms with Crippen LogP contribution in [0.3, 0.4) is 0 Å². The average molecular weight is 385 g/mol. The van der Waals surface area contributed by atoms with Crippen molar-refractivity contribution in [3.8, 4) is 0 Å². The molecule has 0 aliphatic rings. The number of hydrogen-bond donors (Lipinski definition) is 1. The molecule has 0 unspecified atom stereocenters. The fraction of sp³-hybridized carbons (Fsp3) is 0.0588. The number of fused-ring (bicyclic) bond motifs is 1. The molecular weight excluding hydrogens is 372 g/mol. The maximum Gasteiger partial charge on any atom is 0.261 e. The highest BCUT2D eigenvalue weighted by Gasteiger charge is 2.07. The smallest absolute Gasteiger partial charge is 0.261 e. The largest absolute Gasteiger partial charge is 0.289 e. The van der Waals surface area contributed by atoms with Crippen LogP contribution in [-0.2, 0) is 11.3 Å². The van der Waals surface area contributed by atoms with Crippen molar-refractivity contribution in [2.24, 2.45) is 5.10 Å². The monoisotopic (exact) mass is 384 g/mol. The second-order valence-corrected chi connectivity index (χ2v) is 5.96. The summed E-state index contributed by atoms with van der Waals surface area (Å²) in [6, 6.07) is 14.5. The number of amides is 1. The number of benzene rings is 2. The number of carbonyl (C=O) groups is 1. The van der Waals surface area contributed by atoms with Crippen LogP contribution in [0.15, 0.2) is 69.2 Å². The van der Waals surface area contributed by atoms with E-state index in [-0.39, 0.29) is 12.1 Å². The molecule has 0 aliphatic heterocycles. The summed E-state index contributed by atoms with van der Waals surface area (Å²) in [5.74, 6) is -0.400. The number of aromatic nitrogens is 2. The highest BCUT2D eigenvalue weighted by molar-refractivity contribution is 9.10. The fourth-order valence-electron chi connectivity index (χ4n) is 2.14. The van der Waals surface area contributed by atoms with Gasteiger partial charge in [-0.15, -0.1) is 0 Å². The number of hydrazone groups is 1. The molecule has 1 aromatic heterocycles. The van der Waals surface area contributed by atoms with Gasteiger partial charge in [0.1, 0.15) is 6.54 Å². The number of hydrogen-bond acceptors (Lipinski definition) is 4. The summed E-state index contributed by atoms with van der Waals surface area (Å²) in [7, 11) is 0. The average Bonchev–Trinajstić information content (AvgIpc) is 2.59. The predicted molar refractivity (Wildman–Crippen MR) is 95.9 cm³/mol. The van der Waals surface area contributed by atoms with E-state index in [4.69, 9.17) is 0 Å². The zero-order valence-electron chi connectivity index (χ0n) is 12.5. The minimum absolute atomic E-state index is 0.144. The van der Waals surface area contributed by atoms with Gasteiger partial charge in [-0.25, -0.2) is 10.4 Å². The van der Waals surface area contributed by atoms with E-state index in [1.165, 1.54) is 17.1 Å². The second kappa shape index (κ2) is 7.18.